The lowest BCUT2D eigenvalue weighted by molar-refractivity contribution is -0.221. The van der Waals surface area contributed by atoms with Gasteiger partial charge in [-0.05, 0) is 25.5 Å². The SMILES string of the molecule is COP(=O)(OC)OC1=CCON(Cc2ccccc2)[C@H]1[C@H]1COC(C)(C)O1. The molecular weight excluding hydrogens is 373 g/mol. The first-order chi connectivity index (χ1) is 12.9. The smallest absolute Gasteiger partial charge is 0.407 e. The van der Waals surface area contributed by atoms with Gasteiger partial charge in [0.05, 0.1) is 19.8 Å². The highest BCUT2D eigenvalue weighted by Gasteiger charge is 2.45. The molecule has 27 heavy (non-hydrogen) atoms. The molecule has 3 rings (SSSR count). The van der Waals surface area contributed by atoms with Gasteiger partial charge in [-0.3, -0.25) is 13.9 Å². The van der Waals surface area contributed by atoms with E-state index in [-0.39, 0.29) is 12.7 Å². The van der Waals surface area contributed by atoms with E-state index in [0.29, 0.717) is 18.9 Å². The van der Waals surface area contributed by atoms with Gasteiger partial charge in [-0.1, -0.05) is 30.3 Å². The van der Waals surface area contributed by atoms with Gasteiger partial charge in [0, 0.05) is 14.2 Å². The second kappa shape index (κ2) is 8.41. The van der Waals surface area contributed by atoms with Gasteiger partial charge >= 0.3 is 7.82 Å². The van der Waals surface area contributed by atoms with E-state index >= 15 is 0 Å². The zero-order valence-electron chi connectivity index (χ0n) is 16.0. The summed E-state index contributed by atoms with van der Waals surface area (Å²) in [6.07, 6.45) is 1.34. The number of ether oxygens (including phenoxy) is 2. The van der Waals surface area contributed by atoms with Crippen molar-refractivity contribution < 1.29 is 32.4 Å². The van der Waals surface area contributed by atoms with Gasteiger partial charge in [0.25, 0.3) is 0 Å². The molecule has 150 valence electrons. The minimum absolute atomic E-state index is 0.267. The summed E-state index contributed by atoms with van der Waals surface area (Å²) < 4.78 is 39.8. The third-order valence-electron chi connectivity index (χ3n) is 4.35. The molecule has 2 heterocycles. The van der Waals surface area contributed by atoms with Crippen molar-refractivity contribution >= 4 is 7.82 Å². The van der Waals surface area contributed by atoms with Crippen LogP contribution in [0, 0.1) is 0 Å². The highest BCUT2D eigenvalue weighted by Crippen LogP contribution is 2.51. The highest BCUT2D eigenvalue weighted by molar-refractivity contribution is 7.48. The second-order valence-electron chi connectivity index (χ2n) is 6.68. The van der Waals surface area contributed by atoms with Gasteiger partial charge in [0.2, 0.25) is 0 Å². The van der Waals surface area contributed by atoms with Crippen molar-refractivity contribution in [1.82, 2.24) is 5.06 Å². The lowest BCUT2D eigenvalue weighted by Gasteiger charge is -2.38. The summed E-state index contributed by atoms with van der Waals surface area (Å²) in [7, 11) is -1.16. The molecule has 0 radical (unpaired) electrons. The molecule has 1 aromatic rings. The van der Waals surface area contributed by atoms with Crippen LogP contribution in [0.3, 0.4) is 0 Å². The molecule has 0 N–H and O–H groups in total. The van der Waals surface area contributed by atoms with Crippen LogP contribution in [0.5, 0.6) is 0 Å². The van der Waals surface area contributed by atoms with Crippen LogP contribution in [-0.2, 0) is 39.0 Å². The molecule has 1 fully saturated rings. The maximum absolute atomic E-state index is 12.5. The normalized spacial score (nSPS) is 26.0. The fourth-order valence-electron chi connectivity index (χ4n) is 3.07. The van der Waals surface area contributed by atoms with Crippen molar-refractivity contribution in [3.8, 4) is 0 Å². The van der Waals surface area contributed by atoms with Crippen molar-refractivity contribution in [1.29, 1.82) is 0 Å². The Hall–Kier alpha value is -1.25. The number of hydroxylamine groups is 2. The van der Waals surface area contributed by atoms with E-state index in [9.17, 15) is 4.57 Å². The minimum Gasteiger partial charge on any atom is -0.407 e. The van der Waals surface area contributed by atoms with Crippen molar-refractivity contribution in [3.05, 3.63) is 47.7 Å². The molecule has 9 heteroatoms. The van der Waals surface area contributed by atoms with Crippen LogP contribution in [0.15, 0.2) is 42.2 Å². The van der Waals surface area contributed by atoms with E-state index < -0.39 is 19.7 Å². The largest absolute Gasteiger partial charge is 0.529 e. The number of phosphoric acid groups is 1. The Bertz CT molecular complexity index is 701. The quantitative estimate of drug-likeness (QED) is 0.647. The molecule has 2 aliphatic rings. The third kappa shape index (κ3) is 4.97. The molecule has 8 nitrogen and oxygen atoms in total. The molecule has 0 aromatic heterocycles. The fourth-order valence-corrected chi connectivity index (χ4v) is 3.81. The second-order valence-corrected chi connectivity index (χ2v) is 8.49. The first kappa shape index (κ1) is 20.5. The Morgan fingerprint density at radius 2 is 1.93 bits per heavy atom. The van der Waals surface area contributed by atoms with Crippen LogP contribution in [-0.4, -0.2) is 50.4 Å². The molecule has 1 aromatic carbocycles. The zero-order chi connectivity index (χ0) is 19.5. The van der Waals surface area contributed by atoms with Crippen molar-refractivity contribution in [2.75, 3.05) is 27.4 Å². The molecule has 0 bridgehead atoms. The summed E-state index contributed by atoms with van der Waals surface area (Å²) in [5.74, 6) is -0.312. The first-order valence-electron chi connectivity index (χ1n) is 8.72. The Morgan fingerprint density at radius 1 is 1.22 bits per heavy atom. The van der Waals surface area contributed by atoms with Crippen molar-refractivity contribution in [2.45, 2.75) is 38.3 Å². The van der Waals surface area contributed by atoms with Crippen LogP contribution in [0.25, 0.3) is 0 Å². The van der Waals surface area contributed by atoms with Crippen LogP contribution < -0.4 is 0 Å². The van der Waals surface area contributed by atoms with Gasteiger partial charge in [-0.25, -0.2) is 4.57 Å². The lowest BCUT2D eigenvalue weighted by atomic mass is 10.1. The van der Waals surface area contributed by atoms with Crippen molar-refractivity contribution in [3.63, 3.8) is 0 Å². The number of rotatable bonds is 7. The number of hydrogen-bond acceptors (Lipinski definition) is 8. The van der Waals surface area contributed by atoms with E-state index in [1.165, 1.54) is 14.2 Å². The summed E-state index contributed by atoms with van der Waals surface area (Å²) in [4.78, 5) is 5.86. The number of phosphoric ester groups is 1. The molecular formula is C18H26NO7P. The topological polar surface area (TPSA) is 75.7 Å². The molecule has 0 unspecified atom stereocenters. The predicted octanol–water partition coefficient (Wildman–Crippen LogP) is 3.26. The van der Waals surface area contributed by atoms with Gasteiger partial charge in [-0.2, -0.15) is 5.06 Å². The maximum atomic E-state index is 12.5. The molecule has 1 saturated heterocycles. The fraction of sp³-hybridized carbons (Fsp3) is 0.556. The zero-order valence-corrected chi connectivity index (χ0v) is 16.9. The van der Waals surface area contributed by atoms with E-state index in [1.54, 1.807) is 11.1 Å². The minimum atomic E-state index is -3.72. The van der Waals surface area contributed by atoms with Crippen LogP contribution >= 0.6 is 7.82 Å². The predicted molar refractivity (Wildman–Crippen MR) is 97.4 cm³/mol. The van der Waals surface area contributed by atoms with E-state index in [1.807, 2.05) is 44.2 Å². The first-order valence-corrected chi connectivity index (χ1v) is 10.2. The number of benzene rings is 1. The molecule has 0 aliphatic carbocycles. The van der Waals surface area contributed by atoms with Crippen LogP contribution in [0.1, 0.15) is 19.4 Å². The average molecular weight is 399 g/mol. The lowest BCUT2D eigenvalue weighted by Crippen LogP contribution is -2.48. The Labute approximate surface area is 159 Å². The summed E-state index contributed by atoms with van der Waals surface area (Å²) >= 11 is 0. The molecule has 0 amide bonds. The van der Waals surface area contributed by atoms with Gasteiger partial charge in [0.1, 0.15) is 17.9 Å². The molecule has 2 aliphatic heterocycles. The summed E-state index contributed by atoms with van der Waals surface area (Å²) in [5.41, 5.74) is 1.06. The highest BCUT2D eigenvalue weighted by atomic mass is 31.2. The van der Waals surface area contributed by atoms with Gasteiger partial charge < -0.3 is 14.0 Å². The average Bonchev–Trinajstić information content (AvgIpc) is 3.02. The maximum Gasteiger partial charge on any atom is 0.529 e. The molecule has 0 spiro atoms. The summed E-state index contributed by atoms with van der Waals surface area (Å²) in [6, 6.07) is 9.42. The molecule has 0 saturated carbocycles. The third-order valence-corrected chi connectivity index (χ3v) is 5.68. The van der Waals surface area contributed by atoms with Gasteiger partial charge in [-0.15, -0.1) is 0 Å². The number of hydrogen-bond donors (Lipinski definition) is 0. The Balaban J connectivity index is 1.87. The van der Waals surface area contributed by atoms with E-state index in [4.69, 9.17) is 27.9 Å². The Kier molecular flexibility index (Phi) is 6.38. The van der Waals surface area contributed by atoms with Gasteiger partial charge in [0.15, 0.2) is 5.79 Å². The van der Waals surface area contributed by atoms with Crippen LogP contribution in [0.2, 0.25) is 0 Å². The standard InChI is InChI=1S/C18H26NO7P/c1-18(2)23-13-16(25-18)17-15(26-27(20,21-3)22-4)10-11-24-19(17)12-14-8-6-5-7-9-14/h5-10,16-17H,11-13H2,1-4H3/t16-,17-/m1/s1. The molecule has 2 atom stereocenters. The van der Waals surface area contributed by atoms with E-state index in [2.05, 4.69) is 0 Å². The number of nitrogens with zero attached hydrogens (tertiary/aromatic N) is 1. The summed E-state index contributed by atoms with van der Waals surface area (Å²) in [6.45, 7) is 4.80. The van der Waals surface area contributed by atoms with Crippen LogP contribution in [0.4, 0.5) is 0 Å². The summed E-state index contributed by atoms with van der Waals surface area (Å²) in [5, 5.41) is 1.76. The van der Waals surface area contributed by atoms with Crippen molar-refractivity contribution in [2.24, 2.45) is 0 Å². The Morgan fingerprint density at radius 3 is 2.52 bits per heavy atom. The monoisotopic (exact) mass is 399 g/mol. The van der Waals surface area contributed by atoms with E-state index in [0.717, 1.165) is 5.56 Å².